The number of sulfonamides is 1. The molecule has 8 nitrogen and oxygen atoms in total. The van der Waals surface area contributed by atoms with Crippen molar-refractivity contribution in [3.8, 4) is 17.0 Å². The number of benzene rings is 2. The summed E-state index contributed by atoms with van der Waals surface area (Å²) in [6.07, 6.45) is 5.89. The molecule has 1 unspecified atom stereocenters. The molecular weight excluding hydrogens is 504 g/mol. The van der Waals surface area contributed by atoms with Gasteiger partial charge in [-0.05, 0) is 80.5 Å². The van der Waals surface area contributed by atoms with E-state index in [1.807, 2.05) is 24.3 Å². The first kappa shape index (κ1) is 26.3. The van der Waals surface area contributed by atoms with Crippen LogP contribution in [0.5, 0.6) is 5.75 Å². The highest BCUT2D eigenvalue weighted by Crippen LogP contribution is 2.48. The van der Waals surface area contributed by atoms with Gasteiger partial charge in [-0.3, -0.25) is 9.59 Å². The van der Waals surface area contributed by atoms with Gasteiger partial charge in [-0.15, -0.1) is 0 Å². The molecule has 3 aromatic rings. The number of hydrogen-bond acceptors (Lipinski definition) is 5. The van der Waals surface area contributed by atoms with Gasteiger partial charge in [0.05, 0.1) is 24.0 Å². The fourth-order valence-corrected chi connectivity index (χ4v) is 6.64. The number of carbonyl (C=O) groups is 2. The van der Waals surface area contributed by atoms with E-state index in [4.69, 9.17) is 4.74 Å². The van der Waals surface area contributed by atoms with Crippen LogP contribution in [0.25, 0.3) is 22.2 Å². The Hall–Kier alpha value is -3.33. The van der Waals surface area contributed by atoms with Gasteiger partial charge in [-0.1, -0.05) is 25.3 Å². The van der Waals surface area contributed by atoms with Gasteiger partial charge in [0.1, 0.15) is 5.75 Å². The van der Waals surface area contributed by atoms with Crippen molar-refractivity contribution in [1.29, 1.82) is 0 Å². The van der Waals surface area contributed by atoms with Crippen molar-refractivity contribution >= 4 is 32.8 Å². The van der Waals surface area contributed by atoms with Gasteiger partial charge < -0.3 is 14.4 Å². The monoisotopic (exact) mass is 538 g/mol. The van der Waals surface area contributed by atoms with Crippen LogP contribution in [0.15, 0.2) is 36.4 Å². The molecule has 1 fully saturated rings. The number of carboxylic acid groups (broad SMARTS) is 1. The van der Waals surface area contributed by atoms with E-state index in [9.17, 15) is 23.1 Å². The third kappa shape index (κ3) is 4.57. The second kappa shape index (κ2) is 9.76. The predicted octanol–water partition coefficient (Wildman–Crippen LogP) is 5.09. The maximum Gasteiger partial charge on any atom is 0.311 e. The van der Waals surface area contributed by atoms with E-state index in [2.05, 4.69) is 9.29 Å². The smallest absolute Gasteiger partial charge is 0.311 e. The van der Waals surface area contributed by atoms with Crippen LogP contribution in [-0.2, 0) is 27.8 Å². The van der Waals surface area contributed by atoms with Crippen LogP contribution in [0.2, 0.25) is 0 Å². The van der Waals surface area contributed by atoms with E-state index in [-0.39, 0.29) is 17.9 Å². The maximum absolute atomic E-state index is 12.9. The predicted molar refractivity (Wildman–Crippen MR) is 146 cm³/mol. The number of hydrogen-bond donors (Lipinski definition) is 2. The fraction of sp³-hybridized carbons (Fsp3) is 0.448. The summed E-state index contributed by atoms with van der Waals surface area (Å²) in [6.45, 7) is 3.45. The molecule has 0 bridgehead atoms. The van der Waals surface area contributed by atoms with Crippen LogP contribution in [0.3, 0.4) is 0 Å². The number of carbonyl (C=O) groups excluding carboxylic acids is 1. The normalized spacial score (nSPS) is 19.9. The SMILES string of the molecule is CCS(=O)(=O)NC(=O)c1ccc2c(C3CCCCC3)c3n(c2c1)CC(C)(C(=O)O)Cc1cc(OC)ccc1-3. The molecule has 0 saturated heterocycles. The summed E-state index contributed by atoms with van der Waals surface area (Å²) >= 11 is 0. The van der Waals surface area contributed by atoms with Crippen LogP contribution in [0, 0.1) is 5.41 Å². The van der Waals surface area contributed by atoms with E-state index >= 15 is 0 Å². The van der Waals surface area contributed by atoms with Crippen LogP contribution < -0.4 is 9.46 Å². The van der Waals surface area contributed by atoms with Crippen molar-refractivity contribution < 1.29 is 27.9 Å². The van der Waals surface area contributed by atoms with Crippen molar-refractivity contribution in [2.75, 3.05) is 12.9 Å². The number of aromatic nitrogens is 1. The van der Waals surface area contributed by atoms with Crippen molar-refractivity contribution in [3.63, 3.8) is 0 Å². The summed E-state index contributed by atoms with van der Waals surface area (Å²) in [7, 11) is -2.13. The summed E-state index contributed by atoms with van der Waals surface area (Å²) in [5, 5.41) is 11.3. The number of rotatable bonds is 6. The van der Waals surface area contributed by atoms with Crippen LogP contribution in [0.4, 0.5) is 0 Å². The van der Waals surface area contributed by atoms with Crippen molar-refractivity contribution in [3.05, 3.63) is 53.1 Å². The number of carboxylic acids is 1. The topological polar surface area (TPSA) is 115 Å². The first-order valence-electron chi connectivity index (χ1n) is 13.2. The fourth-order valence-electron chi connectivity index (χ4n) is 6.09. The van der Waals surface area contributed by atoms with Gasteiger partial charge >= 0.3 is 5.97 Å². The third-order valence-electron chi connectivity index (χ3n) is 8.18. The Balaban J connectivity index is 1.80. The molecule has 1 aliphatic carbocycles. The molecule has 38 heavy (non-hydrogen) atoms. The summed E-state index contributed by atoms with van der Waals surface area (Å²) in [5.74, 6) is -0.806. The zero-order valence-electron chi connectivity index (χ0n) is 22.0. The Morgan fingerprint density at radius 3 is 2.53 bits per heavy atom. The molecule has 2 N–H and O–H groups in total. The molecule has 202 valence electrons. The summed E-state index contributed by atoms with van der Waals surface area (Å²) in [4.78, 5) is 25.5. The second-order valence-corrected chi connectivity index (χ2v) is 12.8. The number of nitrogens with zero attached hydrogens (tertiary/aromatic N) is 1. The summed E-state index contributed by atoms with van der Waals surface area (Å²) in [6, 6.07) is 11.1. The first-order chi connectivity index (χ1) is 18.1. The molecular formula is C29H34N2O6S. The minimum atomic E-state index is -3.73. The molecule has 1 saturated carbocycles. The Bertz CT molecular complexity index is 1530. The van der Waals surface area contributed by atoms with Gasteiger partial charge in [0, 0.05) is 28.6 Å². The summed E-state index contributed by atoms with van der Waals surface area (Å²) < 4.78 is 33.8. The van der Waals surface area contributed by atoms with Gasteiger partial charge in [0.15, 0.2) is 0 Å². The highest BCUT2D eigenvalue weighted by molar-refractivity contribution is 7.90. The second-order valence-electron chi connectivity index (χ2n) is 10.8. The van der Waals surface area contributed by atoms with Crippen molar-refractivity contribution in [2.24, 2.45) is 5.41 Å². The Labute approximate surface area is 223 Å². The zero-order chi connectivity index (χ0) is 27.2. The average molecular weight is 539 g/mol. The lowest BCUT2D eigenvalue weighted by molar-refractivity contribution is -0.148. The Morgan fingerprint density at radius 1 is 1.13 bits per heavy atom. The molecule has 1 atom stereocenters. The third-order valence-corrected chi connectivity index (χ3v) is 9.44. The highest BCUT2D eigenvalue weighted by Gasteiger charge is 2.40. The minimum Gasteiger partial charge on any atom is -0.497 e. The molecule has 2 aliphatic rings. The number of methoxy groups -OCH3 is 1. The molecule has 5 rings (SSSR count). The lowest BCUT2D eigenvalue weighted by atomic mass is 9.80. The standard InChI is InChI=1S/C29H34N2O6S/c1-4-38(35,36)30-27(32)19-10-12-23-24(15-19)31-17-29(2,28(33)34)16-20-14-21(37-3)11-13-22(20)26(31)25(23)18-8-6-5-7-9-18/h10-15,18H,4-9,16-17H2,1-3H3,(H,30,32)(H,33,34). The molecule has 2 heterocycles. The number of aliphatic carboxylic acids is 1. The largest absolute Gasteiger partial charge is 0.497 e. The molecule has 0 spiro atoms. The van der Waals surface area contributed by atoms with E-state index < -0.39 is 27.3 Å². The molecule has 0 radical (unpaired) electrons. The highest BCUT2D eigenvalue weighted by atomic mass is 32.2. The van der Waals surface area contributed by atoms with E-state index in [1.54, 1.807) is 26.2 Å². The molecule has 2 aromatic carbocycles. The van der Waals surface area contributed by atoms with Crippen molar-refractivity contribution in [2.45, 2.75) is 64.8 Å². The van der Waals surface area contributed by atoms with Crippen LogP contribution in [-0.4, -0.2) is 42.8 Å². The van der Waals surface area contributed by atoms with E-state index in [0.717, 1.165) is 53.4 Å². The molecule has 1 aliphatic heterocycles. The number of ether oxygens (including phenoxy) is 1. The quantitative estimate of drug-likeness (QED) is 0.452. The molecule has 1 amide bonds. The number of amides is 1. The van der Waals surface area contributed by atoms with Gasteiger partial charge in [-0.2, -0.15) is 0 Å². The number of fused-ring (bicyclic) bond motifs is 5. The van der Waals surface area contributed by atoms with E-state index in [0.29, 0.717) is 18.1 Å². The first-order valence-corrected chi connectivity index (χ1v) is 14.8. The van der Waals surface area contributed by atoms with E-state index in [1.165, 1.54) is 18.9 Å². The Kier molecular flexibility index (Phi) is 6.75. The molecule has 1 aromatic heterocycles. The number of nitrogens with one attached hydrogen (secondary N) is 1. The Morgan fingerprint density at radius 2 is 1.87 bits per heavy atom. The lowest BCUT2D eigenvalue weighted by Gasteiger charge is -2.24. The van der Waals surface area contributed by atoms with Gasteiger partial charge in [0.2, 0.25) is 10.0 Å². The minimum absolute atomic E-state index is 0.204. The maximum atomic E-state index is 12.9. The summed E-state index contributed by atoms with van der Waals surface area (Å²) in [5.41, 5.74) is 3.94. The van der Waals surface area contributed by atoms with Crippen molar-refractivity contribution in [1.82, 2.24) is 9.29 Å². The molecule has 9 heteroatoms. The van der Waals surface area contributed by atoms with Gasteiger partial charge in [-0.25, -0.2) is 13.1 Å². The van der Waals surface area contributed by atoms with Gasteiger partial charge in [0.25, 0.3) is 5.91 Å². The van der Waals surface area contributed by atoms with Crippen LogP contribution >= 0.6 is 0 Å². The lowest BCUT2D eigenvalue weighted by Crippen LogP contribution is -2.34. The zero-order valence-corrected chi connectivity index (χ0v) is 22.9. The average Bonchev–Trinajstić information content (AvgIpc) is 3.13. The van der Waals surface area contributed by atoms with Crippen LogP contribution in [0.1, 0.15) is 73.4 Å².